The Balaban J connectivity index is 1.83. The number of imidazole rings is 1. The Morgan fingerprint density at radius 1 is 1.40 bits per heavy atom. The molecule has 1 fully saturated rings. The van der Waals surface area contributed by atoms with Crippen molar-refractivity contribution >= 4 is 24.4 Å². The van der Waals surface area contributed by atoms with Crippen molar-refractivity contribution in [1.29, 1.82) is 0 Å². The van der Waals surface area contributed by atoms with Gasteiger partial charge in [-0.05, 0) is 19.3 Å². The van der Waals surface area contributed by atoms with E-state index in [1.54, 1.807) is 0 Å². The lowest BCUT2D eigenvalue weighted by Gasteiger charge is -2.33. The fraction of sp³-hybridized carbons (Fsp3) is 0.714. The maximum Gasteiger partial charge on any atom is 0.273 e. The molecule has 5 nitrogen and oxygen atoms in total. The molecule has 0 bridgehead atoms. The topological polar surface area (TPSA) is 61.0 Å². The van der Waals surface area contributed by atoms with Crippen LogP contribution in [0.25, 0.3) is 0 Å². The number of rotatable bonds is 5. The molecule has 1 aliphatic heterocycles. The van der Waals surface area contributed by atoms with Crippen LogP contribution in [0.4, 0.5) is 5.82 Å². The molecule has 0 aromatic carbocycles. The number of hydrogen-bond donors (Lipinski definition) is 3. The van der Waals surface area contributed by atoms with Gasteiger partial charge < -0.3 is 15.2 Å². The molecule has 1 aliphatic carbocycles. The van der Waals surface area contributed by atoms with Crippen LogP contribution in [0.2, 0.25) is 0 Å². The highest BCUT2D eigenvalue weighted by Crippen LogP contribution is 2.37. The molecule has 0 radical (unpaired) electrons. The van der Waals surface area contributed by atoms with Gasteiger partial charge in [0.25, 0.3) is 5.91 Å². The Bertz CT molecular complexity index is 497. The minimum Gasteiger partial charge on any atom is -0.336 e. The van der Waals surface area contributed by atoms with E-state index >= 15 is 0 Å². The van der Waals surface area contributed by atoms with Gasteiger partial charge in [0, 0.05) is 12.5 Å². The predicted octanol–water partition coefficient (Wildman–Crippen LogP) is 2.63. The molecule has 1 aromatic heterocycles. The highest BCUT2D eigenvalue weighted by molar-refractivity contribution is 7.81. The second-order valence-electron chi connectivity index (χ2n) is 5.70. The van der Waals surface area contributed by atoms with Crippen molar-refractivity contribution in [2.75, 3.05) is 11.4 Å². The minimum atomic E-state index is -0.274. The van der Waals surface area contributed by atoms with Crippen LogP contribution in [0.15, 0.2) is 0 Å². The first-order valence-electron chi connectivity index (χ1n) is 7.56. The predicted molar refractivity (Wildman–Crippen MR) is 82.3 cm³/mol. The summed E-state index contributed by atoms with van der Waals surface area (Å²) in [6, 6.07) is 0. The molecule has 1 aromatic rings. The van der Waals surface area contributed by atoms with Crippen molar-refractivity contribution in [3.05, 3.63) is 11.5 Å². The first-order valence-corrected chi connectivity index (χ1v) is 8.07. The van der Waals surface area contributed by atoms with Gasteiger partial charge in [-0.25, -0.2) is 4.98 Å². The molecular formula is C14H22N4OS. The number of unbranched alkanes of at least 4 members (excludes halogenated alkanes) is 2. The van der Waals surface area contributed by atoms with E-state index in [2.05, 4.69) is 34.8 Å². The zero-order chi connectivity index (χ0) is 14.1. The lowest BCUT2D eigenvalue weighted by atomic mass is 9.85. The van der Waals surface area contributed by atoms with Gasteiger partial charge in [0.15, 0.2) is 5.82 Å². The third kappa shape index (κ3) is 2.41. The van der Waals surface area contributed by atoms with Crippen LogP contribution in [0.3, 0.4) is 0 Å². The molecule has 1 saturated carbocycles. The summed E-state index contributed by atoms with van der Waals surface area (Å²) in [5.74, 6) is 2.17. The second-order valence-corrected chi connectivity index (χ2v) is 6.19. The molecule has 3 rings (SSSR count). The van der Waals surface area contributed by atoms with Gasteiger partial charge in [0.1, 0.15) is 17.0 Å². The summed E-state index contributed by atoms with van der Waals surface area (Å²) in [6.45, 7) is 3.06. The summed E-state index contributed by atoms with van der Waals surface area (Å²) in [6.07, 6.45) is 7.06. The molecule has 0 spiro atoms. The van der Waals surface area contributed by atoms with Gasteiger partial charge >= 0.3 is 0 Å². The molecular weight excluding hydrogens is 272 g/mol. The van der Waals surface area contributed by atoms with Gasteiger partial charge in [-0.2, -0.15) is 0 Å². The number of amides is 1. The summed E-state index contributed by atoms with van der Waals surface area (Å²) in [7, 11) is 0. The van der Waals surface area contributed by atoms with Crippen molar-refractivity contribution in [1.82, 2.24) is 15.3 Å². The monoisotopic (exact) mass is 294 g/mol. The van der Waals surface area contributed by atoms with E-state index in [1.807, 2.05) is 0 Å². The molecule has 0 saturated heterocycles. The number of H-pyrrole nitrogens is 1. The quantitative estimate of drug-likeness (QED) is 0.578. The van der Waals surface area contributed by atoms with Gasteiger partial charge in [-0.1, -0.05) is 26.2 Å². The normalized spacial score (nSPS) is 22.4. The summed E-state index contributed by atoms with van der Waals surface area (Å²) >= 11 is 4.48. The third-order valence-electron chi connectivity index (χ3n) is 4.25. The molecule has 6 heteroatoms. The summed E-state index contributed by atoms with van der Waals surface area (Å²) < 4.78 is 0. The summed E-state index contributed by atoms with van der Waals surface area (Å²) in [5, 5.41) is 2.88. The molecule has 2 heterocycles. The number of nitrogens with one attached hydrogen (secondary N) is 2. The number of aromatic nitrogens is 2. The van der Waals surface area contributed by atoms with Gasteiger partial charge in [-0.3, -0.25) is 4.79 Å². The molecule has 110 valence electrons. The average molecular weight is 294 g/mol. The van der Waals surface area contributed by atoms with Gasteiger partial charge in [-0.15, -0.1) is 12.6 Å². The first-order chi connectivity index (χ1) is 9.70. The fourth-order valence-corrected chi connectivity index (χ4v) is 3.11. The standard InChI is InChI=1S/C14H22N4OS/c1-2-3-4-8-18-12-10(13(19)17-14(18)20)15-11(16-12)9-6-5-7-9/h9,14,20H,2-8H2,1H3,(H,15,16)(H,17,19). The van der Waals surface area contributed by atoms with E-state index in [1.165, 1.54) is 32.1 Å². The number of fused-ring (bicyclic) bond motifs is 1. The van der Waals surface area contributed by atoms with E-state index in [-0.39, 0.29) is 11.4 Å². The lowest BCUT2D eigenvalue weighted by molar-refractivity contribution is 0.0937. The third-order valence-corrected chi connectivity index (χ3v) is 4.66. The molecule has 1 unspecified atom stereocenters. The molecule has 2 aliphatic rings. The molecule has 20 heavy (non-hydrogen) atoms. The maximum atomic E-state index is 12.1. The number of nitrogens with zero attached hydrogens (tertiary/aromatic N) is 2. The van der Waals surface area contributed by atoms with Crippen LogP contribution in [-0.2, 0) is 0 Å². The van der Waals surface area contributed by atoms with E-state index in [0.717, 1.165) is 24.6 Å². The SMILES string of the molecule is CCCCCN1c2nc(C3CCC3)[nH]c2C(=O)NC1S. The lowest BCUT2D eigenvalue weighted by Crippen LogP contribution is -2.50. The first kappa shape index (κ1) is 13.8. The van der Waals surface area contributed by atoms with Crippen LogP contribution in [-0.4, -0.2) is 27.9 Å². The Labute approximate surface area is 124 Å². The molecule has 1 amide bonds. The second kappa shape index (κ2) is 5.68. The molecule has 2 N–H and O–H groups in total. The Kier molecular flexibility index (Phi) is 3.92. The van der Waals surface area contributed by atoms with Crippen molar-refractivity contribution in [2.24, 2.45) is 0 Å². The largest absolute Gasteiger partial charge is 0.336 e. The van der Waals surface area contributed by atoms with E-state index in [0.29, 0.717) is 11.6 Å². The van der Waals surface area contributed by atoms with Gasteiger partial charge in [0.05, 0.1) is 0 Å². The highest BCUT2D eigenvalue weighted by Gasteiger charge is 2.34. The van der Waals surface area contributed by atoms with Crippen LogP contribution >= 0.6 is 12.6 Å². The number of carbonyl (C=O) groups is 1. The van der Waals surface area contributed by atoms with Gasteiger partial charge in [0.2, 0.25) is 0 Å². The zero-order valence-corrected chi connectivity index (χ0v) is 12.7. The summed E-state index contributed by atoms with van der Waals surface area (Å²) in [4.78, 5) is 22.1. The number of anilines is 1. The Hall–Kier alpha value is -1.17. The van der Waals surface area contributed by atoms with Crippen LogP contribution in [0.5, 0.6) is 0 Å². The van der Waals surface area contributed by atoms with E-state index in [9.17, 15) is 4.79 Å². The highest BCUT2D eigenvalue weighted by atomic mass is 32.1. The zero-order valence-electron chi connectivity index (χ0n) is 11.9. The summed E-state index contributed by atoms with van der Waals surface area (Å²) in [5.41, 5.74) is 0.332. The van der Waals surface area contributed by atoms with Crippen molar-refractivity contribution in [3.63, 3.8) is 0 Å². The van der Waals surface area contributed by atoms with Crippen molar-refractivity contribution in [3.8, 4) is 0 Å². The maximum absolute atomic E-state index is 12.1. The average Bonchev–Trinajstić information content (AvgIpc) is 2.76. The van der Waals surface area contributed by atoms with Crippen molar-refractivity contribution in [2.45, 2.75) is 56.9 Å². The van der Waals surface area contributed by atoms with E-state index in [4.69, 9.17) is 4.98 Å². The van der Waals surface area contributed by atoms with Crippen LogP contribution in [0, 0.1) is 0 Å². The fourth-order valence-electron chi connectivity index (χ4n) is 2.77. The Morgan fingerprint density at radius 3 is 2.85 bits per heavy atom. The van der Waals surface area contributed by atoms with E-state index < -0.39 is 0 Å². The smallest absolute Gasteiger partial charge is 0.273 e. The van der Waals surface area contributed by atoms with Crippen LogP contribution in [0.1, 0.15) is 67.7 Å². The number of carbonyl (C=O) groups excluding carboxylic acids is 1. The van der Waals surface area contributed by atoms with Crippen LogP contribution < -0.4 is 10.2 Å². The number of hydrogen-bond acceptors (Lipinski definition) is 4. The minimum absolute atomic E-state index is 0.0928. The number of thiol groups is 1. The molecule has 1 atom stereocenters. The van der Waals surface area contributed by atoms with Crippen molar-refractivity contribution < 1.29 is 4.79 Å². The number of aromatic amines is 1. The Morgan fingerprint density at radius 2 is 2.20 bits per heavy atom.